The van der Waals surface area contributed by atoms with Crippen LogP contribution in [0.5, 0.6) is 0 Å². The number of aryl methyl sites for hydroxylation is 1. The van der Waals surface area contributed by atoms with E-state index < -0.39 is 0 Å². The molecule has 1 atom stereocenters. The fourth-order valence-electron chi connectivity index (χ4n) is 2.51. The standard InChI is InChI=1S/C16H22N2O2/c1-13-4-6-14(7-5-13)9-17-16(20)11-18-8-2-3-15(10-18)12-19/h4-7,12,15H,2-3,8-11H2,1H3,(H,17,20). The number of carbonyl (C=O) groups excluding carboxylic acids is 2. The number of likely N-dealkylation sites (tertiary alicyclic amines) is 1. The Hall–Kier alpha value is -1.68. The number of benzene rings is 1. The van der Waals surface area contributed by atoms with Crippen LogP contribution in [0.4, 0.5) is 0 Å². The van der Waals surface area contributed by atoms with E-state index in [9.17, 15) is 9.59 Å². The summed E-state index contributed by atoms with van der Waals surface area (Å²) >= 11 is 0. The SMILES string of the molecule is Cc1ccc(CNC(=O)CN2CCCC(C=O)C2)cc1. The van der Waals surface area contributed by atoms with E-state index in [2.05, 4.69) is 10.2 Å². The molecule has 0 radical (unpaired) electrons. The van der Waals surface area contributed by atoms with Crippen LogP contribution in [0.25, 0.3) is 0 Å². The van der Waals surface area contributed by atoms with E-state index in [1.807, 2.05) is 31.2 Å². The zero-order chi connectivity index (χ0) is 14.4. The molecule has 1 aromatic carbocycles. The predicted molar refractivity (Wildman–Crippen MR) is 78.3 cm³/mol. The van der Waals surface area contributed by atoms with Crippen molar-refractivity contribution < 1.29 is 9.59 Å². The molecule has 1 aliphatic heterocycles. The molecule has 1 saturated heterocycles. The third-order valence-electron chi connectivity index (χ3n) is 3.71. The number of amides is 1. The van der Waals surface area contributed by atoms with E-state index in [1.165, 1.54) is 5.56 Å². The van der Waals surface area contributed by atoms with Crippen molar-refractivity contribution in [2.24, 2.45) is 5.92 Å². The Bertz CT molecular complexity index is 456. The van der Waals surface area contributed by atoms with E-state index >= 15 is 0 Å². The Morgan fingerprint density at radius 3 is 2.85 bits per heavy atom. The van der Waals surface area contributed by atoms with Gasteiger partial charge in [0.05, 0.1) is 6.54 Å². The van der Waals surface area contributed by atoms with E-state index in [1.54, 1.807) is 0 Å². The van der Waals surface area contributed by atoms with Gasteiger partial charge in [-0.1, -0.05) is 29.8 Å². The largest absolute Gasteiger partial charge is 0.351 e. The molecule has 0 spiro atoms. The van der Waals surface area contributed by atoms with E-state index in [-0.39, 0.29) is 11.8 Å². The summed E-state index contributed by atoms with van der Waals surface area (Å²) < 4.78 is 0. The molecule has 1 heterocycles. The van der Waals surface area contributed by atoms with E-state index in [4.69, 9.17) is 0 Å². The Kier molecular flexibility index (Phi) is 5.30. The molecule has 2 rings (SSSR count). The van der Waals surface area contributed by atoms with Crippen LogP contribution < -0.4 is 5.32 Å². The lowest BCUT2D eigenvalue weighted by atomic mass is 10.00. The molecule has 1 aromatic rings. The smallest absolute Gasteiger partial charge is 0.234 e. The first-order chi connectivity index (χ1) is 9.67. The van der Waals surface area contributed by atoms with E-state index in [0.29, 0.717) is 19.6 Å². The van der Waals surface area contributed by atoms with Crippen molar-refractivity contribution in [1.29, 1.82) is 0 Å². The first-order valence-electron chi connectivity index (χ1n) is 7.17. The first kappa shape index (κ1) is 14.7. The minimum absolute atomic E-state index is 0.0251. The molecule has 0 aliphatic carbocycles. The first-order valence-corrected chi connectivity index (χ1v) is 7.17. The summed E-state index contributed by atoms with van der Waals surface area (Å²) in [6, 6.07) is 8.14. The molecule has 0 saturated carbocycles. The summed E-state index contributed by atoms with van der Waals surface area (Å²) in [6.07, 6.45) is 2.95. The van der Waals surface area contributed by atoms with Gasteiger partial charge in [0.15, 0.2) is 0 Å². The van der Waals surface area contributed by atoms with Gasteiger partial charge in [0.2, 0.25) is 5.91 Å². The van der Waals surface area contributed by atoms with Gasteiger partial charge in [0, 0.05) is 19.0 Å². The minimum Gasteiger partial charge on any atom is -0.351 e. The highest BCUT2D eigenvalue weighted by atomic mass is 16.2. The van der Waals surface area contributed by atoms with Crippen LogP contribution in [0.15, 0.2) is 24.3 Å². The van der Waals surface area contributed by atoms with Gasteiger partial charge in [-0.05, 0) is 31.9 Å². The summed E-state index contributed by atoms with van der Waals surface area (Å²) in [5.41, 5.74) is 2.32. The van der Waals surface area contributed by atoms with Crippen molar-refractivity contribution in [2.75, 3.05) is 19.6 Å². The van der Waals surface area contributed by atoms with Gasteiger partial charge < -0.3 is 10.1 Å². The van der Waals surface area contributed by atoms with Crippen LogP contribution >= 0.6 is 0 Å². The van der Waals surface area contributed by atoms with Gasteiger partial charge in [-0.25, -0.2) is 0 Å². The van der Waals surface area contributed by atoms with Gasteiger partial charge in [-0.15, -0.1) is 0 Å². The second-order valence-corrected chi connectivity index (χ2v) is 5.54. The molecule has 0 aromatic heterocycles. The van der Waals surface area contributed by atoms with Gasteiger partial charge in [0.25, 0.3) is 0 Å². The maximum absolute atomic E-state index is 11.9. The van der Waals surface area contributed by atoms with Crippen LogP contribution in [0.3, 0.4) is 0 Å². The summed E-state index contributed by atoms with van der Waals surface area (Å²) in [7, 11) is 0. The average molecular weight is 274 g/mol. The number of aldehydes is 1. The summed E-state index contributed by atoms with van der Waals surface area (Å²) in [4.78, 5) is 24.8. The number of rotatable bonds is 5. The van der Waals surface area contributed by atoms with E-state index in [0.717, 1.165) is 31.2 Å². The maximum Gasteiger partial charge on any atom is 0.234 e. The molecular formula is C16H22N2O2. The number of nitrogens with zero attached hydrogens (tertiary/aromatic N) is 1. The molecule has 1 fully saturated rings. The lowest BCUT2D eigenvalue weighted by Gasteiger charge is -2.29. The molecule has 0 bridgehead atoms. The average Bonchev–Trinajstić information content (AvgIpc) is 2.47. The molecule has 4 nitrogen and oxygen atoms in total. The van der Waals surface area contributed by atoms with Gasteiger partial charge in [-0.2, -0.15) is 0 Å². The van der Waals surface area contributed by atoms with Crippen LogP contribution in [-0.4, -0.2) is 36.7 Å². The van der Waals surface area contributed by atoms with Gasteiger partial charge >= 0.3 is 0 Å². The second kappa shape index (κ2) is 7.20. The minimum atomic E-state index is 0.0251. The highest BCUT2D eigenvalue weighted by Gasteiger charge is 2.20. The lowest BCUT2D eigenvalue weighted by Crippen LogP contribution is -2.42. The molecule has 1 unspecified atom stereocenters. The van der Waals surface area contributed by atoms with Crippen LogP contribution in [0, 0.1) is 12.8 Å². The van der Waals surface area contributed by atoms with Crippen molar-refractivity contribution in [3.8, 4) is 0 Å². The highest BCUT2D eigenvalue weighted by molar-refractivity contribution is 5.78. The zero-order valence-corrected chi connectivity index (χ0v) is 12.0. The number of carbonyl (C=O) groups is 2. The number of hydrogen-bond donors (Lipinski definition) is 1. The van der Waals surface area contributed by atoms with Crippen molar-refractivity contribution in [1.82, 2.24) is 10.2 Å². The van der Waals surface area contributed by atoms with Crippen molar-refractivity contribution >= 4 is 12.2 Å². The zero-order valence-electron chi connectivity index (χ0n) is 12.0. The number of piperidine rings is 1. The van der Waals surface area contributed by atoms with Gasteiger partial charge in [-0.3, -0.25) is 9.69 Å². The van der Waals surface area contributed by atoms with Crippen LogP contribution in [0.2, 0.25) is 0 Å². The highest BCUT2D eigenvalue weighted by Crippen LogP contribution is 2.13. The third kappa shape index (κ3) is 4.46. The normalized spacial score (nSPS) is 19.6. The molecule has 108 valence electrons. The number of nitrogens with one attached hydrogen (secondary N) is 1. The molecule has 4 heteroatoms. The molecule has 1 N–H and O–H groups in total. The molecule has 1 amide bonds. The fourth-order valence-corrected chi connectivity index (χ4v) is 2.51. The van der Waals surface area contributed by atoms with Crippen molar-refractivity contribution in [3.63, 3.8) is 0 Å². The maximum atomic E-state index is 11.9. The fraction of sp³-hybridized carbons (Fsp3) is 0.500. The third-order valence-corrected chi connectivity index (χ3v) is 3.71. The molecule has 1 aliphatic rings. The Morgan fingerprint density at radius 1 is 1.40 bits per heavy atom. The molecule has 20 heavy (non-hydrogen) atoms. The van der Waals surface area contributed by atoms with Gasteiger partial charge in [0.1, 0.15) is 6.29 Å². The van der Waals surface area contributed by atoms with Crippen molar-refractivity contribution in [2.45, 2.75) is 26.3 Å². The molecular weight excluding hydrogens is 252 g/mol. The Balaban J connectivity index is 1.75. The second-order valence-electron chi connectivity index (χ2n) is 5.54. The summed E-state index contributed by atoms with van der Waals surface area (Å²) in [5, 5.41) is 2.93. The summed E-state index contributed by atoms with van der Waals surface area (Å²) in [6.45, 7) is 4.60. The lowest BCUT2D eigenvalue weighted by molar-refractivity contribution is -0.123. The number of hydrogen-bond acceptors (Lipinski definition) is 3. The Morgan fingerprint density at radius 2 is 2.15 bits per heavy atom. The van der Waals surface area contributed by atoms with Crippen LogP contribution in [0.1, 0.15) is 24.0 Å². The quantitative estimate of drug-likeness (QED) is 0.828. The summed E-state index contributed by atoms with van der Waals surface area (Å²) in [5.74, 6) is 0.116. The predicted octanol–water partition coefficient (Wildman–Crippen LogP) is 1.52. The van der Waals surface area contributed by atoms with Crippen molar-refractivity contribution in [3.05, 3.63) is 35.4 Å². The monoisotopic (exact) mass is 274 g/mol. The van der Waals surface area contributed by atoms with Crippen LogP contribution in [-0.2, 0) is 16.1 Å². The topological polar surface area (TPSA) is 49.4 Å². The Labute approximate surface area is 120 Å².